The molecule has 0 saturated heterocycles. The smallest absolute Gasteiger partial charge is 0.303 e. The standard InChI is InChI=1S/C9H16N2O4S/c1-5(12)7(4-16)11-9(15)6(10)2-3-8(13)14/h6-7,16H,2-4,10H2,1H3,(H,11,15)(H,13,14)/t6-,7+/m0/s1. The fourth-order valence-electron chi connectivity index (χ4n) is 0.965. The highest BCUT2D eigenvalue weighted by atomic mass is 32.1. The van der Waals surface area contributed by atoms with E-state index < -0.39 is 24.0 Å². The van der Waals surface area contributed by atoms with Crippen molar-refractivity contribution in [3.05, 3.63) is 0 Å². The maximum atomic E-state index is 11.4. The zero-order valence-corrected chi connectivity index (χ0v) is 9.87. The highest BCUT2D eigenvalue weighted by Crippen LogP contribution is 1.97. The lowest BCUT2D eigenvalue weighted by molar-refractivity contribution is -0.137. The number of nitrogens with one attached hydrogen (secondary N) is 1. The van der Waals surface area contributed by atoms with E-state index in [4.69, 9.17) is 10.8 Å². The van der Waals surface area contributed by atoms with E-state index in [1.807, 2.05) is 0 Å². The number of ketones is 1. The van der Waals surface area contributed by atoms with Gasteiger partial charge in [0.1, 0.15) is 0 Å². The topological polar surface area (TPSA) is 109 Å². The van der Waals surface area contributed by atoms with E-state index in [1.54, 1.807) is 0 Å². The van der Waals surface area contributed by atoms with Gasteiger partial charge in [-0.05, 0) is 13.3 Å². The van der Waals surface area contributed by atoms with Crippen LogP contribution in [0.2, 0.25) is 0 Å². The number of carbonyl (C=O) groups is 3. The Hall–Kier alpha value is -1.08. The van der Waals surface area contributed by atoms with E-state index in [0.717, 1.165) is 0 Å². The summed E-state index contributed by atoms with van der Waals surface area (Å²) in [6.07, 6.45) is -0.140. The molecular formula is C9H16N2O4S. The number of rotatable bonds is 7. The minimum atomic E-state index is -1.01. The molecule has 2 atom stereocenters. The number of amides is 1. The highest BCUT2D eigenvalue weighted by molar-refractivity contribution is 7.80. The van der Waals surface area contributed by atoms with Crippen LogP contribution in [0.5, 0.6) is 0 Å². The monoisotopic (exact) mass is 248 g/mol. The minimum Gasteiger partial charge on any atom is -0.481 e. The van der Waals surface area contributed by atoms with Crippen LogP contribution < -0.4 is 11.1 Å². The Labute approximate surface area is 99.0 Å². The van der Waals surface area contributed by atoms with Crippen molar-refractivity contribution in [2.45, 2.75) is 31.8 Å². The lowest BCUT2D eigenvalue weighted by Crippen LogP contribution is -2.48. The third kappa shape index (κ3) is 5.72. The summed E-state index contributed by atoms with van der Waals surface area (Å²) in [6, 6.07) is -1.59. The van der Waals surface area contributed by atoms with E-state index in [1.165, 1.54) is 6.92 Å². The maximum absolute atomic E-state index is 11.4. The summed E-state index contributed by atoms with van der Waals surface area (Å²) < 4.78 is 0. The molecule has 1 amide bonds. The first-order valence-electron chi connectivity index (χ1n) is 4.77. The van der Waals surface area contributed by atoms with Crippen molar-refractivity contribution < 1.29 is 19.5 Å². The molecule has 0 aromatic heterocycles. The summed E-state index contributed by atoms with van der Waals surface area (Å²) in [4.78, 5) is 32.7. The van der Waals surface area contributed by atoms with Gasteiger partial charge >= 0.3 is 5.97 Å². The number of hydrogen-bond donors (Lipinski definition) is 4. The van der Waals surface area contributed by atoms with Gasteiger partial charge in [0.15, 0.2) is 5.78 Å². The van der Waals surface area contributed by atoms with Gasteiger partial charge < -0.3 is 16.2 Å². The van der Waals surface area contributed by atoms with Gasteiger partial charge in [-0.1, -0.05) is 0 Å². The lowest BCUT2D eigenvalue weighted by atomic mass is 10.1. The molecule has 0 spiro atoms. The van der Waals surface area contributed by atoms with Crippen LogP contribution in [0.25, 0.3) is 0 Å². The molecule has 0 fully saturated rings. The normalized spacial score (nSPS) is 13.9. The molecule has 16 heavy (non-hydrogen) atoms. The van der Waals surface area contributed by atoms with Gasteiger partial charge in [0.25, 0.3) is 0 Å². The van der Waals surface area contributed by atoms with E-state index >= 15 is 0 Å². The van der Waals surface area contributed by atoms with Crippen LogP contribution in [0, 0.1) is 0 Å². The Kier molecular flexibility index (Phi) is 6.75. The van der Waals surface area contributed by atoms with Crippen LogP contribution in [0.15, 0.2) is 0 Å². The van der Waals surface area contributed by atoms with E-state index in [9.17, 15) is 14.4 Å². The number of carboxylic acids is 1. The van der Waals surface area contributed by atoms with Crippen molar-refractivity contribution in [3.63, 3.8) is 0 Å². The summed E-state index contributed by atoms with van der Waals surface area (Å²) in [5.41, 5.74) is 5.46. The van der Waals surface area contributed by atoms with Crippen molar-refractivity contribution >= 4 is 30.3 Å². The summed E-state index contributed by atoms with van der Waals surface area (Å²) in [6.45, 7) is 1.34. The maximum Gasteiger partial charge on any atom is 0.303 e. The Morgan fingerprint density at radius 2 is 2.00 bits per heavy atom. The second-order valence-electron chi connectivity index (χ2n) is 3.39. The van der Waals surface area contributed by atoms with Crippen LogP contribution in [-0.4, -0.2) is 40.6 Å². The second kappa shape index (κ2) is 7.24. The first-order valence-corrected chi connectivity index (χ1v) is 5.40. The molecule has 0 aliphatic rings. The number of carbonyl (C=O) groups excluding carboxylic acids is 2. The first-order chi connectivity index (χ1) is 7.38. The fraction of sp³-hybridized carbons (Fsp3) is 0.667. The summed E-state index contributed by atoms with van der Waals surface area (Å²) in [5.74, 6) is -1.57. The molecule has 0 aromatic carbocycles. The SMILES string of the molecule is CC(=O)[C@@H](CS)NC(=O)[C@@H](N)CCC(=O)O. The molecule has 6 nitrogen and oxygen atoms in total. The van der Waals surface area contributed by atoms with Crippen molar-refractivity contribution in [1.82, 2.24) is 5.32 Å². The largest absolute Gasteiger partial charge is 0.481 e. The van der Waals surface area contributed by atoms with Gasteiger partial charge in [-0.25, -0.2) is 0 Å². The van der Waals surface area contributed by atoms with Crippen molar-refractivity contribution in [2.24, 2.45) is 5.73 Å². The Balaban J connectivity index is 4.13. The number of carboxylic acid groups (broad SMARTS) is 1. The van der Waals surface area contributed by atoms with Crippen LogP contribution in [0.4, 0.5) is 0 Å². The van der Waals surface area contributed by atoms with E-state index in [2.05, 4.69) is 17.9 Å². The summed E-state index contributed by atoms with van der Waals surface area (Å²) in [5, 5.41) is 10.8. The van der Waals surface area contributed by atoms with Gasteiger partial charge in [0.05, 0.1) is 12.1 Å². The predicted molar refractivity (Wildman–Crippen MR) is 61.3 cm³/mol. The van der Waals surface area contributed by atoms with Crippen molar-refractivity contribution in [2.75, 3.05) is 5.75 Å². The number of Topliss-reactive ketones (excluding diaryl/α,β-unsaturated/α-hetero) is 1. The predicted octanol–water partition coefficient (Wildman–Crippen LogP) is -0.818. The third-order valence-corrected chi connectivity index (χ3v) is 2.36. The molecule has 0 aromatic rings. The van der Waals surface area contributed by atoms with Gasteiger partial charge in [-0.2, -0.15) is 12.6 Å². The van der Waals surface area contributed by atoms with Gasteiger partial charge in [0, 0.05) is 12.2 Å². The molecule has 0 aliphatic carbocycles. The Morgan fingerprint density at radius 3 is 2.38 bits per heavy atom. The minimum absolute atomic E-state index is 0.0400. The number of thiol groups is 1. The van der Waals surface area contributed by atoms with Gasteiger partial charge in [-0.3, -0.25) is 14.4 Å². The quantitative estimate of drug-likeness (QED) is 0.440. The lowest BCUT2D eigenvalue weighted by Gasteiger charge is -2.16. The molecule has 0 heterocycles. The van der Waals surface area contributed by atoms with Crippen LogP contribution in [0.3, 0.4) is 0 Å². The molecule has 0 aliphatic heterocycles. The van der Waals surface area contributed by atoms with Crippen LogP contribution in [0.1, 0.15) is 19.8 Å². The van der Waals surface area contributed by atoms with Gasteiger partial charge in [0.2, 0.25) is 5.91 Å². The second-order valence-corrected chi connectivity index (χ2v) is 3.76. The molecule has 7 heteroatoms. The average molecular weight is 248 g/mol. The molecule has 92 valence electrons. The number of hydrogen-bond acceptors (Lipinski definition) is 5. The van der Waals surface area contributed by atoms with Crippen molar-refractivity contribution in [3.8, 4) is 0 Å². The molecule has 0 saturated carbocycles. The third-order valence-electron chi connectivity index (χ3n) is 2.00. The molecule has 0 unspecified atom stereocenters. The van der Waals surface area contributed by atoms with Crippen LogP contribution in [-0.2, 0) is 14.4 Å². The highest BCUT2D eigenvalue weighted by Gasteiger charge is 2.20. The van der Waals surface area contributed by atoms with E-state index in [0.29, 0.717) is 0 Å². The summed E-state index contributed by atoms with van der Waals surface area (Å²) in [7, 11) is 0. The fourth-order valence-corrected chi connectivity index (χ4v) is 1.31. The number of aliphatic carboxylic acids is 1. The molecule has 0 bridgehead atoms. The van der Waals surface area contributed by atoms with Crippen molar-refractivity contribution in [1.29, 1.82) is 0 Å². The zero-order chi connectivity index (χ0) is 12.7. The Morgan fingerprint density at radius 1 is 1.44 bits per heavy atom. The Bertz CT molecular complexity index is 283. The first kappa shape index (κ1) is 14.9. The van der Waals surface area contributed by atoms with Crippen LogP contribution >= 0.6 is 12.6 Å². The molecule has 0 radical (unpaired) electrons. The summed E-state index contributed by atoms with van der Waals surface area (Å²) >= 11 is 3.91. The van der Waals surface area contributed by atoms with E-state index in [-0.39, 0.29) is 24.4 Å². The molecule has 4 N–H and O–H groups in total. The average Bonchev–Trinajstić information content (AvgIpc) is 2.21. The number of nitrogens with two attached hydrogens (primary N) is 1. The zero-order valence-electron chi connectivity index (χ0n) is 8.97. The molecular weight excluding hydrogens is 232 g/mol. The molecule has 0 rings (SSSR count). The van der Waals surface area contributed by atoms with Gasteiger partial charge in [-0.15, -0.1) is 0 Å².